The Morgan fingerprint density at radius 3 is 1.63 bits per heavy atom. The highest BCUT2D eigenvalue weighted by Crippen LogP contribution is 2.78. The molecule has 5 rings (SSSR count). The van der Waals surface area contributed by atoms with Gasteiger partial charge in [0.25, 0.3) is 0 Å². The molecule has 0 nitrogen and oxygen atoms in total. The number of halogens is 2. The monoisotopic (exact) mass is 286 g/mol. The number of benzene rings is 2. The molecule has 3 unspecified atom stereocenters. The molecule has 19 heavy (non-hydrogen) atoms. The van der Waals surface area contributed by atoms with Crippen LogP contribution < -0.4 is 0 Å². The van der Waals surface area contributed by atoms with Crippen LogP contribution in [0.4, 0.5) is 0 Å². The standard InChI is InChI=1S/C17H12Cl2/c18-16-13-9-5-1-3-7-11(9)14-15(17(14,16)19)12-8-4-2-6-10(12)13/h1-8,13-16H. The van der Waals surface area contributed by atoms with Gasteiger partial charge in [0.2, 0.25) is 0 Å². The van der Waals surface area contributed by atoms with Gasteiger partial charge >= 0.3 is 0 Å². The third-order valence-corrected chi connectivity index (χ3v) is 6.66. The number of hydrogen-bond donors (Lipinski definition) is 0. The Kier molecular flexibility index (Phi) is 1.81. The average Bonchev–Trinajstić information content (AvgIpc) is 3.11. The lowest BCUT2D eigenvalue weighted by Crippen LogP contribution is -2.35. The highest BCUT2D eigenvalue weighted by atomic mass is 35.5. The molecule has 0 saturated heterocycles. The highest BCUT2D eigenvalue weighted by molar-refractivity contribution is 6.37. The summed E-state index contributed by atoms with van der Waals surface area (Å²) >= 11 is 13.7. The lowest BCUT2D eigenvalue weighted by molar-refractivity contribution is 0.607. The van der Waals surface area contributed by atoms with E-state index in [1.165, 1.54) is 22.3 Å². The first kappa shape index (κ1) is 10.8. The molecule has 0 aromatic heterocycles. The summed E-state index contributed by atoms with van der Waals surface area (Å²) in [6.45, 7) is 0. The van der Waals surface area contributed by atoms with E-state index in [9.17, 15) is 0 Å². The summed E-state index contributed by atoms with van der Waals surface area (Å²) in [5.74, 6) is 1.04. The van der Waals surface area contributed by atoms with Crippen molar-refractivity contribution in [3.8, 4) is 0 Å². The molecule has 0 heterocycles. The van der Waals surface area contributed by atoms with Crippen molar-refractivity contribution in [3.63, 3.8) is 0 Å². The number of hydrogen-bond acceptors (Lipinski definition) is 0. The van der Waals surface area contributed by atoms with Crippen LogP contribution in [0.25, 0.3) is 0 Å². The molecule has 0 N–H and O–H groups in total. The molecular weight excluding hydrogens is 275 g/mol. The Hall–Kier alpha value is -0.980. The van der Waals surface area contributed by atoms with E-state index in [2.05, 4.69) is 48.5 Å². The van der Waals surface area contributed by atoms with Crippen LogP contribution in [0, 0.1) is 0 Å². The zero-order valence-corrected chi connectivity index (χ0v) is 11.7. The SMILES string of the molecule is ClC1C2c3ccccc3C3C(c4ccccc42)C13Cl. The van der Waals surface area contributed by atoms with Gasteiger partial charge < -0.3 is 0 Å². The van der Waals surface area contributed by atoms with Crippen molar-refractivity contribution < 1.29 is 0 Å². The Morgan fingerprint density at radius 2 is 1.16 bits per heavy atom. The van der Waals surface area contributed by atoms with Gasteiger partial charge in [-0.1, -0.05) is 48.5 Å². The van der Waals surface area contributed by atoms with Crippen LogP contribution in [0.2, 0.25) is 0 Å². The molecule has 0 amide bonds. The van der Waals surface area contributed by atoms with Crippen molar-refractivity contribution in [2.24, 2.45) is 0 Å². The van der Waals surface area contributed by atoms with E-state index in [1.54, 1.807) is 0 Å². The van der Waals surface area contributed by atoms with Gasteiger partial charge in [-0.2, -0.15) is 0 Å². The molecule has 1 fully saturated rings. The van der Waals surface area contributed by atoms with E-state index in [-0.39, 0.29) is 16.2 Å². The molecule has 2 heteroatoms. The van der Waals surface area contributed by atoms with Gasteiger partial charge in [-0.25, -0.2) is 0 Å². The third-order valence-electron chi connectivity index (χ3n) is 5.23. The van der Waals surface area contributed by atoms with Gasteiger partial charge in [0.15, 0.2) is 0 Å². The molecule has 0 radical (unpaired) electrons. The first-order valence-corrected chi connectivity index (χ1v) is 7.56. The van der Waals surface area contributed by atoms with Crippen molar-refractivity contribution >= 4 is 23.2 Å². The van der Waals surface area contributed by atoms with E-state index in [0.29, 0.717) is 11.8 Å². The fourth-order valence-corrected chi connectivity index (χ4v) is 5.54. The van der Waals surface area contributed by atoms with Gasteiger partial charge in [-0.05, 0) is 22.3 Å². The lowest BCUT2D eigenvalue weighted by Gasteiger charge is -2.36. The summed E-state index contributed by atoms with van der Waals surface area (Å²) in [7, 11) is 0. The fraction of sp³-hybridized carbons (Fsp3) is 0.294. The fourth-order valence-electron chi connectivity index (χ4n) is 4.45. The summed E-state index contributed by atoms with van der Waals surface area (Å²) in [6, 6.07) is 17.4. The van der Waals surface area contributed by atoms with E-state index in [0.717, 1.165) is 0 Å². The number of alkyl halides is 2. The molecular formula is C17H12Cl2. The normalized spacial score (nSPS) is 40.3. The Morgan fingerprint density at radius 1 is 0.737 bits per heavy atom. The maximum atomic E-state index is 6.92. The summed E-state index contributed by atoms with van der Waals surface area (Å²) < 4.78 is 0. The van der Waals surface area contributed by atoms with Gasteiger partial charge in [0.05, 0.1) is 10.3 Å². The van der Waals surface area contributed by atoms with Gasteiger partial charge in [-0.3, -0.25) is 0 Å². The summed E-state index contributed by atoms with van der Waals surface area (Å²) in [5, 5.41) is 0.00830. The Bertz CT molecular complexity index is 652. The smallest absolute Gasteiger partial charge is 0.0768 e. The topological polar surface area (TPSA) is 0 Å². The van der Waals surface area contributed by atoms with E-state index in [4.69, 9.17) is 23.2 Å². The molecule has 2 aromatic carbocycles. The van der Waals surface area contributed by atoms with Crippen molar-refractivity contribution in [1.82, 2.24) is 0 Å². The van der Waals surface area contributed by atoms with Crippen LogP contribution in [-0.2, 0) is 0 Å². The van der Waals surface area contributed by atoms with Crippen LogP contribution in [0.1, 0.15) is 40.0 Å². The second-order valence-electron chi connectivity index (χ2n) is 5.92. The van der Waals surface area contributed by atoms with E-state index in [1.807, 2.05) is 0 Å². The molecule has 2 aromatic rings. The second-order valence-corrected chi connectivity index (χ2v) is 7.04. The highest BCUT2D eigenvalue weighted by Gasteiger charge is 2.75. The van der Waals surface area contributed by atoms with E-state index >= 15 is 0 Å². The quantitative estimate of drug-likeness (QED) is 0.621. The van der Waals surface area contributed by atoms with Crippen molar-refractivity contribution in [1.29, 1.82) is 0 Å². The van der Waals surface area contributed by atoms with Crippen molar-refractivity contribution in [2.45, 2.75) is 28.0 Å². The van der Waals surface area contributed by atoms with Crippen LogP contribution in [0.5, 0.6) is 0 Å². The van der Waals surface area contributed by atoms with Crippen LogP contribution in [-0.4, -0.2) is 10.3 Å². The minimum atomic E-state index is -0.255. The predicted octanol–water partition coefficient (Wildman–Crippen LogP) is 4.61. The number of fused-ring (bicyclic) bond motifs is 8. The zero-order chi connectivity index (χ0) is 12.8. The predicted molar refractivity (Wildman–Crippen MR) is 78.4 cm³/mol. The lowest BCUT2D eigenvalue weighted by atomic mass is 9.75. The summed E-state index contributed by atoms with van der Waals surface area (Å²) in [6.07, 6.45) is 0. The first-order chi connectivity index (χ1) is 9.24. The minimum Gasteiger partial charge on any atom is -0.120 e. The maximum Gasteiger partial charge on any atom is 0.0768 e. The first-order valence-electron chi connectivity index (χ1n) is 6.75. The van der Waals surface area contributed by atoms with E-state index < -0.39 is 0 Å². The summed E-state index contributed by atoms with van der Waals surface area (Å²) in [4.78, 5) is -0.255. The molecule has 0 spiro atoms. The zero-order valence-electron chi connectivity index (χ0n) is 10.2. The van der Waals surface area contributed by atoms with Gasteiger partial charge in [0.1, 0.15) is 0 Å². The molecule has 94 valence electrons. The Balaban J connectivity index is 1.90. The van der Waals surface area contributed by atoms with Gasteiger partial charge in [-0.15, -0.1) is 23.2 Å². The second kappa shape index (κ2) is 3.19. The minimum absolute atomic E-state index is 0.00830. The molecule has 3 aliphatic rings. The van der Waals surface area contributed by atoms with Crippen LogP contribution >= 0.6 is 23.2 Å². The van der Waals surface area contributed by atoms with Crippen LogP contribution in [0.3, 0.4) is 0 Å². The molecule has 3 aliphatic carbocycles. The largest absolute Gasteiger partial charge is 0.120 e. The Labute approximate surface area is 122 Å². The van der Waals surface area contributed by atoms with Gasteiger partial charge in [0, 0.05) is 17.8 Å². The van der Waals surface area contributed by atoms with Crippen molar-refractivity contribution in [2.75, 3.05) is 0 Å². The maximum absolute atomic E-state index is 6.92. The number of rotatable bonds is 0. The molecule has 2 bridgehead atoms. The summed E-state index contributed by atoms with van der Waals surface area (Å²) in [5.41, 5.74) is 5.61. The third kappa shape index (κ3) is 1.03. The molecule has 3 atom stereocenters. The van der Waals surface area contributed by atoms with Crippen LogP contribution in [0.15, 0.2) is 48.5 Å². The molecule has 1 saturated carbocycles. The average molecular weight is 287 g/mol. The molecule has 0 aliphatic heterocycles. The van der Waals surface area contributed by atoms with Crippen molar-refractivity contribution in [3.05, 3.63) is 70.8 Å².